The molecule has 1 aliphatic rings. The van der Waals surface area contributed by atoms with Gasteiger partial charge in [-0.2, -0.15) is 11.8 Å². The molecule has 1 fully saturated rings. The van der Waals surface area contributed by atoms with Crippen molar-refractivity contribution in [3.05, 3.63) is 0 Å². The number of nitrogens with one attached hydrogen (secondary N) is 1. The van der Waals surface area contributed by atoms with E-state index in [4.69, 9.17) is 4.74 Å². The van der Waals surface area contributed by atoms with Gasteiger partial charge in [-0.1, -0.05) is 0 Å². The Morgan fingerprint density at radius 2 is 2.33 bits per heavy atom. The van der Waals surface area contributed by atoms with Gasteiger partial charge >= 0.3 is 0 Å². The number of likely N-dealkylation sites (N-methyl/N-ethyl adjacent to an activating group) is 1. The van der Waals surface area contributed by atoms with E-state index in [1.807, 2.05) is 0 Å². The van der Waals surface area contributed by atoms with E-state index < -0.39 is 0 Å². The number of ether oxygens (including phenoxy) is 1. The minimum absolute atomic E-state index is 0.766. The molecule has 1 heterocycles. The Balaban J connectivity index is 1.89. The average molecular weight is 232 g/mol. The SMILES string of the molecule is COCCCN(C)CCNC1CCSC1. The van der Waals surface area contributed by atoms with Crippen molar-refractivity contribution >= 4 is 11.8 Å². The third-order valence-corrected chi connectivity index (χ3v) is 3.91. The summed E-state index contributed by atoms with van der Waals surface area (Å²) in [6, 6.07) is 0.766. The molecule has 4 heteroatoms. The lowest BCUT2D eigenvalue weighted by molar-refractivity contribution is 0.179. The van der Waals surface area contributed by atoms with Gasteiger partial charge in [0.2, 0.25) is 0 Å². The van der Waals surface area contributed by atoms with Gasteiger partial charge in [-0.15, -0.1) is 0 Å². The molecule has 1 atom stereocenters. The predicted molar refractivity (Wildman–Crippen MR) is 67.7 cm³/mol. The van der Waals surface area contributed by atoms with Crippen LogP contribution in [0, 0.1) is 0 Å². The van der Waals surface area contributed by atoms with Crippen LogP contribution in [0.25, 0.3) is 0 Å². The Morgan fingerprint density at radius 3 is 3.00 bits per heavy atom. The quantitative estimate of drug-likeness (QED) is 0.632. The van der Waals surface area contributed by atoms with Crippen molar-refractivity contribution in [2.24, 2.45) is 0 Å². The highest BCUT2D eigenvalue weighted by atomic mass is 32.2. The summed E-state index contributed by atoms with van der Waals surface area (Å²) in [7, 11) is 3.94. The smallest absolute Gasteiger partial charge is 0.0474 e. The molecule has 0 spiro atoms. The Morgan fingerprint density at radius 1 is 1.47 bits per heavy atom. The lowest BCUT2D eigenvalue weighted by Gasteiger charge is -2.18. The minimum atomic E-state index is 0.766. The maximum Gasteiger partial charge on any atom is 0.0474 e. The van der Waals surface area contributed by atoms with Crippen molar-refractivity contribution in [3.8, 4) is 0 Å². The fourth-order valence-corrected chi connectivity index (χ4v) is 2.93. The summed E-state index contributed by atoms with van der Waals surface area (Å²) in [4.78, 5) is 2.37. The van der Waals surface area contributed by atoms with E-state index in [9.17, 15) is 0 Å². The summed E-state index contributed by atoms with van der Waals surface area (Å²) in [6.07, 6.45) is 2.48. The van der Waals surface area contributed by atoms with Crippen LogP contribution in [0.4, 0.5) is 0 Å². The highest BCUT2D eigenvalue weighted by Crippen LogP contribution is 2.16. The monoisotopic (exact) mass is 232 g/mol. The first-order chi connectivity index (χ1) is 7.33. The number of thioether (sulfide) groups is 1. The zero-order valence-corrected chi connectivity index (χ0v) is 10.8. The van der Waals surface area contributed by atoms with Crippen LogP contribution in [0.15, 0.2) is 0 Å². The zero-order chi connectivity index (χ0) is 10.9. The zero-order valence-electron chi connectivity index (χ0n) is 10.00. The minimum Gasteiger partial charge on any atom is -0.385 e. The van der Waals surface area contributed by atoms with E-state index in [0.29, 0.717) is 0 Å². The first kappa shape index (κ1) is 13.3. The van der Waals surface area contributed by atoms with Crippen molar-refractivity contribution in [1.29, 1.82) is 0 Å². The summed E-state index contributed by atoms with van der Waals surface area (Å²) in [5.41, 5.74) is 0. The molecule has 1 unspecified atom stereocenters. The van der Waals surface area contributed by atoms with Crippen LogP contribution >= 0.6 is 11.8 Å². The van der Waals surface area contributed by atoms with Gasteiger partial charge in [0.1, 0.15) is 0 Å². The van der Waals surface area contributed by atoms with Crippen molar-refractivity contribution in [2.75, 3.05) is 51.9 Å². The van der Waals surface area contributed by atoms with Crippen LogP contribution in [0.1, 0.15) is 12.8 Å². The Bertz CT molecular complexity index is 152. The fraction of sp³-hybridized carbons (Fsp3) is 1.00. The highest BCUT2D eigenvalue weighted by molar-refractivity contribution is 7.99. The maximum atomic E-state index is 5.03. The molecule has 0 aliphatic carbocycles. The summed E-state index contributed by atoms with van der Waals surface area (Å²) in [6.45, 7) is 4.27. The van der Waals surface area contributed by atoms with E-state index in [1.54, 1.807) is 7.11 Å². The first-order valence-electron chi connectivity index (χ1n) is 5.81. The van der Waals surface area contributed by atoms with Crippen LogP contribution in [0.3, 0.4) is 0 Å². The third-order valence-electron chi connectivity index (χ3n) is 2.74. The number of hydrogen-bond donors (Lipinski definition) is 1. The third kappa shape index (κ3) is 6.40. The predicted octanol–water partition coefficient (Wildman–Crippen LogP) is 1.05. The number of rotatable bonds is 8. The topological polar surface area (TPSA) is 24.5 Å². The molecule has 90 valence electrons. The van der Waals surface area contributed by atoms with Crippen LogP contribution in [-0.4, -0.2) is 62.8 Å². The molecule has 0 saturated carbocycles. The maximum absolute atomic E-state index is 5.03. The van der Waals surface area contributed by atoms with Gasteiger partial charge in [-0.25, -0.2) is 0 Å². The van der Waals surface area contributed by atoms with Crippen molar-refractivity contribution < 1.29 is 4.74 Å². The summed E-state index contributed by atoms with van der Waals surface area (Å²) in [5.74, 6) is 2.63. The lowest BCUT2D eigenvalue weighted by atomic mass is 10.2. The summed E-state index contributed by atoms with van der Waals surface area (Å²) in [5, 5.41) is 3.61. The largest absolute Gasteiger partial charge is 0.385 e. The summed E-state index contributed by atoms with van der Waals surface area (Å²) < 4.78 is 5.03. The van der Waals surface area contributed by atoms with Crippen LogP contribution in [-0.2, 0) is 4.74 Å². The number of hydrogen-bond acceptors (Lipinski definition) is 4. The van der Waals surface area contributed by atoms with Crippen molar-refractivity contribution in [1.82, 2.24) is 10.2 Å². The second kappa shape index (κ2) is 8.39. The molecule has 0 bridgehead atoms. The molecule has 0 aromatic rings. The van der Waals surface area contributed by atoms with Gasteiger partial charge < -0.3 is 15.0 Å². The van der Waals surface area contributed by atoms with Crippen LogP contribution < -0.4 is 5.32 Å². The van der Waals surface area contributed by atoms with Crippen molar-refractivity contribution in [3.63, 3.8) is 0 Å². The lowest BCUT2D eigenvalue weighted by Crippen LogP contribution is -2.36. The average Bonchev–Trinajstić information content (AvgIpc) is 2.71. The van der Waals surface area contributed by atoms with E-state index in [0.717, 1.165) is 38.7 Å². The standard InChI is InChI=1S/C11H24N2OS/c1-13(6-3-8-14-2)7-5-12-11-4-9-15-10-11/h11-12H,3-10H2,1-2H3. The van der Waals surface area contributed by atoms with E-state index in [2.05, 4.69) is 29.0 Å². The van der Waals surface area contributed by atoms with Gasteiger partial charge in [0, 0.05) is 45.1 Å². The molecule has 0 amide bonds. The Hall–Kier alpha value is 0.230. The van der Waals surface area contributed by atoms with E-state index in [1.165, 1.54) is 17.9 Å². The molecule has 1 saturated heterocycles. The highest BCUT2D eigenvalue weighted by Gasteiger charge is 2.13. The first-order valence-corrected chi connectivity index (χ1v) is 6.97. The molecule has 3 nitrogen and oxygen atoms in total. The number of nitrogens with zero attached hydrogens (tertiary/aromatic N) is 1. The molecule has 0 aromatic heterocycles. The van der Waals surface area contributed by atoms with Gasteiger partial charge in [0.05, 0.1) is 0 Å². The molecule has 1 N–H and O–H groups in total. The van der Waals surface area contributed by atoms with Crippen LogP contribution in [0.2, 0.25) is 0 Å². The normalized spacial score (nSPS) is 21.4. The Kier molecular flexibility index (Phi) is 7.44. The number of methoxy groups -OCH3 is 1. The van der Waals surface area contributed by atoms with Gasteiger partial charge in [0.25, 0.3) is 0 Å². The second-order valence-electron chi connectivity index (χ2n) is 4.16. The van der Waals surface area contributed by atoms with Gasteiger partial charge in [-0.3, -0.25) is 0 Å². The van der Waals surface area contributed by atoms with Crippen molar-refractivity contribution in [2.45, 2.75) is 18.9 Å². The molecule has 1 aliphatic heterocycles. The fourth-order valence-electron chi connectivity index (χ4n) is 1.75. The molecular formula is C11H24N2OS. The molecular weight excluding hydrogens is 208 g/mol. The second-order valence-corrected chi connectivity index (χ2v) is 5.31. The molecule has 15 heavy (non-hydrogen) atoms. The van der Waals surface area contributed by atoms with Gasteiger partial charge in [0.15, 0.2) is 0 Å². The summed E-state index contributed by atoms with van der Waals surface area (Å²) >= 11 is 2.07. The van der Waals surface area contributed by atoms with E-state index in [-0.39, 0.29) is 0 Å². The molecule has 0 aromatic carbocycles. The Labute approximate surface area is 97.9 Å². The van der Waals surface area contributed by atoms with Gasteiger partial charge in [-0.05, 0) is 25.6 Å². The molecule has 1 rings (SSSR count). The van der Waals surface area contributed by atoms with E-state index >= 15 is 0 Å². The molecule has 0 radical (unpaired) electrons. The van der Waals surface area contributed by atoms with Crippen LogP contribution in [0.5, 0.6) is 0 Å².